The van der Waals surface area contributed by atoms with E-state index in [-0.39, 0.29) is 13.0 Å². The van der Waals surface area contributed by atoms with Gasteiger partial charge in [-0.25, -0.2) is 14.1 Å². The average Bonchev–Trinajstić information content (AvgIpc) is 3.57. The molecular formula is C25H21FN8O3. The first kappa shape index (κ1) is 23.7. The number of amides is 1. The number of tetrazole rings is 1. The molecule has 0 fully saturated rings. The summed E-state index contributed by atoms with van der Waals surface area (Å²) < 4.78 is 15.5. The van der Waals surface area contributed by atoms with Crippen LogP contribution in [-0.2, 0) is 28.1 Å². The quantitative estimate of drug-likeness (QED) is 0.291. The van der Waals surface area contributed by atoms with Crippen LogP contribution < -0.4 is 5.32 Å². The average molecular weight is 500 g/mol. The number of aryl methyl sites for hydroxylation is 1. The SMILES string of the molecule is Cn1nnnc1/C(=N\OCc1cccc(NC(=O)C2CC(c3ccccc3F)=NO2)n1)c1ccccc1. The maximum absolute atomic E-state index is 14.0. The first-order valence-corrected chi connectivity index (χ1v) is 11.3. The van der Waals surface area contributed by atoms with Crippen molar-refractivity contribution in [3.05, 3.63) is 101 Å². The molecule has 4 aromatic rings. The van der Waals surface area contributed by atoms with Crippen molar-refractivity contribution in [1.82, 2.24) is 25.2 Å². The molecule has 1 amide bonds. The third-order valence-electron chi connectivity index (χ3n) is 5.45. The minimum absolute atomic E-state index is 0.0335. The molecule has 0 spiro atoms. The molecule has 2 aromatic carbocycles. The molecule has 11 nitrogen and oxygen atoms in total. The van der Waals surface area contributed by atoms with Crippen molar-refractivity contribution in [3.63, 3.8) is 0 Å². The van der Waals surface area contributed by atoms with Crippen molar-refractivity contribution in [1.29, 1.82) is 0 Å². The fourth-order valence-corrected chi connectivity index (χ4v) is 3.62. The van der Waals surface area contributed by atoms with E-state index in [1.54, 1.807) is 43.4 Å². The molecule has 1 N–H and O–H groups in total. The van der Waals surface area contributed by atoms with Crippen LogP contribution >= 0.6 is 0 Å². The molecule has 0 saturated carbocycles. The summed E-state index contributed by atoms with van der Waals surface area (Å²) >= 11 is 0. The second kappa shape index (κ2) is 10.7. The van der Waals surface area contributed by atoms with Crippen molar-refractivity contribution in [2.75, 3.05) is 5.32 Å². The summed E-state index contributed by atoms with van der Waals surface area (Å²) in [6.45, 7) is 0.0335. The number of nitrogens with one attached hydrogen (secondary N) is 1. The van der Waals surface area contributed by atoms with Crippen LogP contribution in [0.15, 0.2) is 83.1 Å². The highest BCUT2D eigenvalue weighted by Gasteiger charge is 2.30. The Bertz CT molecular complexity index is 1470. The molecule has 186 valence electrons. The molecule has 12 heteroatoms. The van der Waals surface area contributed by atoms with Crippen LogP contribution in [0.4, 0.5) is 10.2 Å². The van der Waals surface area contributed by atoms with Crippen molar-refractivity contribution in [2.24, 2.45) is 17.4 Å². The normalized spacial score (nSPS) is 15.1. The molecule has 5 rings (SSSR count). The third-order valence-corrected chi connectivity index (χ3v) is 5.45. The van der Waals surface area contributed by atoms with Crippen LogP contribution in [0.3, 0.4) is 0 Å². The number of anilines is 1. The molecule has 0 aliphatic carbocycles. The number of rotatable bonds is 8. The molecule has 3 heterocycles. The van der Waals surface area contributed by atoms with Crippen molar-refractivity contribution < 1.29 is 18.9 Å². The summed E-state index contributed by atoms with van der Waals surface area (Å²) in [7, 11) is 1.71. The van der Waals surface area contributed by atoms with Gasteiger partial charge in [-0.05, 0) is 28.6 Å². The number of halogens is 1. The maximum Gasteiger partial charge on any atom is 0.269 e. The molecule has 0 radical (unpaired) electrons. The molecular weight excluding hydrogens is 479 g/mol. The zero-order chi connectivity index (χ0) is 25.6. The summed E-state index contributed by atoms with van der Waals surface area (Å²) in [4.78, 5) is 27.9. The Labute approximate surface area is 210 Å². The molecule has 1 unspecified atom stereocenters. The number of hydrogen-bond acceptors (Lipinski definition) is 9. The van der Waals surface area contributed by atoms with Crippen LogP contribution in [0.25, 0.3) is 0 Å². The lowest BCUT2D eigenvalue weighted by Gasteiger charge is -2.10. The van der Waals surface area contributed by atoms with Crippen LogP contribution in [0.5, 0.6) is 0 Å². The Balaban J connectivity index is 1.22. The standard InChI is InChI=1S/C25H21FN8O3/c1-34-24(29-32-33-34)23(16-8-3-2-4-9-16)31-36-15-17-10-7-13-22(27-17)28-25(35)21-14-20(30-37-21)18-11-5-6-12-19(18)26/h2-13,21H,14-15H2,1H3,(H,27,28,35)/b31-23-. The summed E-state index contributed by atoms with van der Waals surface area (Å²) in [6.07, 6.45) is -0.752. The second-order valence-electron chi connectivity index (χ2n) is 8.02. The van der Waals surface area contributed by atoms with Crippen LogP contribution in [0.2, 0.25) is 0 Å². The van der Waals surface area contributed by atoms with E-state index in [0.29, 0.717) is 34.3 Å². The lowest BCUT2D eigenvalue weighted by molar-refractivity contribution is -0.125. The first-order chi connectivity index (χ1) is 18.1. The maximum atomic E-state index is 14.0. The van der Waals surface area contributed by atoms with Gasteiger partial charge in [-0.3, -0.25) is 4.79 Å². The van der Waals surface area contributed by atoms with Gasteiger partial charge < -0.3 is 15.0 Å². The fraction of sp³-hybridized carbons (Fsp3) is 0.160. The van der Waals surface area contributed by atoms with Crippen molar-refractivity contribution in [2.45, 2.75) is 19.1 Å². The summed E-state index contributed by atoms with van der Waals surface area (Å²) in [5.41, 5.74) is 2.45. The molecule has 2 aromatic heterocycles. The van der Waals surface area contributed by atoms with E-state index >= 15 is 0 Å². The molecule has 37 heavy (non-hydrogen) atoms. The van der Waals surface area contributed by atoms with Crippen molar-refractivity contribution >= 4 is 23.1 Å². The van der Waals surface area contributed by atoms with Gasteiger partial charge in [-0.1, -0.05) is 64.9 Å². The number of aromatic nitrogens is 5. The second-order valence-corrected chi connectivity index (χ2v) is 8.02. The zero-order valence-electron chi connectivity index (χ0n) is 19.7. The molecule has 1 aliphatic heterocycles. The lowest BCUT2D eigenvalue weighted by atomic mass is 10.0. The van der Waals surface area contributed by atoms with E-state index in [4.69, 9.17) is 9.68 Å². The summed E-state index contributed by atoms with van der Waals surface area (Å²) in [5, 5.41) is 22.4. The molecule has 1 aliphatic rings. The minimum Gasteiger partial charge on any atom is -0.389 e. The van der Waals surface area contributed by atoms with Crippen LogP contribution in [0, 0.1) is 5.82 Å². The minimum atomic E-state index is -0.894. The Morgan fingerprint density at radius 3 is 2.73 bits per heavy atom. The number of nitrogens with zero attached hydrogens (tertiary/aromatic N) is 7. The van der Waals surface area contributed by atoms with Gasteiger partial charge >= 0.3 is 0 Å². The van der Waals surface area contributed by atoms with Crippen LogP contribution in [-0.4, -0.2) is 48.6 Å². The highest BCUT2D eigenvalue weighted by molar-refractivity contribution is 6.10. The number of carbonyl (C=O) groups is 1. The lowest BCUT2D eigenvalue weighted by Crippen LogP contribution is -2.28. The topological polar surface area (TPSA) is 129 Å². The van der Waals surface area contributed by atoms with E-state index in [9.17, 15) is 9.18 Å². The Hall–Kier alpha value is -5.00. The number of benzene rings is 2. The monoisotopic (exact) mass is 500 g/mol. The number of carbonyl (C=O) groups excluding carboxylic acids is 1. The predicted molar refractivity (Wildman–Crippen MR) is 131 cm³/mol. The van der Waals surface area contributed by atoms with Gasteiger partial charge in [0.2, 0.25) is 11.9 Å². The Morgan fingerprint density at radius 2 is 1.95 bits per heavy atom. The largest absolute Gasteiger partial charge is 0.389 e. The molecule has 0 saturated heterocycles. The number of oxime groups is 2. The van der Waals surface area contributed by atoms with Gasteiger partial charge in [-0.2, -0.15) is 0 Å². The van der Waals surface area contributed by atoms with E-state index < -0.39 is 17.8 Å². The van der Waals surface area contributed by atoms with E-state index in [2.05, 4.69) is 36.1 Å². The van der Waals surface area contributed by atoms with Gasteiger partial charge in [0.1, 0.15) is 11.6 Å². The first-order valence-electron chi connectivity index (χ1n) is 11.3. The van der Waals surface area contributed by atoms with Gasteiger partial charge in [-0.15, -0.1) is 5.10 Å². The van der Waals surface area contributed by atoms with Gasteiger partial charge in [0.15, 0.2) is 12.3 Å². The smallest absolute Gasteiger partial charge is 0.269 e. The van der Waals surface area contributed by atoms with Gasteiger partial charge in [0.25, 0.3) is 5.91 Å². The summed E-state index contributed by atoms with van der Waals surface area (Å²) in [6, 6.07) is 20.7. The van der Waals surface area contributed by atoms with Gasteiger partial charge in [0.05, 0.1) is 11.4 Å². The third kappa shape index (κ3) is 5.48. The fourth-order valence-electron chi connectivity index (χ4n) is 3.62. The molecule has 1 atom stereocenters. The van der Waals surface area contributed by atoms with Gasteiger partial charge in [0, 0.05) is 24.6 Å². The predicted octanol–water partition coefficient (Wildman–Crippen LogP) is 2.85. The van der Waals surface area contributed by atoms with Crippen molar-refractivity contribution in [3.8, 4) is 0 Å². The van der Waals surface area contributed by atoms with Crippen LogP contribution in [0.1, 0.15) is 29.1 Å². The highest BCUT2D eigenvalue weighted by atomic mass is 19.1. The number of hydrogen-bond donors (Lipinski definition) is 1. The van der Waals surface area contributed by atoms with E-state index in [1.807, 2.05) is 30.3 Å². The Morgan fingerprint density at radius 1 is 1.14 bits per heavy atom. The Kier molecular flexibility index (Phi) is 6.88. The number of pyridine rings is 1. The summed E-state index contributed by atoms with van der Waals surface area (Å²) in [5.74, 6) is -0.124. The highest BCUT2D eigenvalue weighted by Crippen LogP contribution is 2.20. The van der Waals surface area contributed by atoms with E-state index in [0.717, 1.165) is 5.56 Å². The molecule has 0 bridgehead atoms. The van der Waals surface area contributed by atoms with E-state index in [1.165, 1.54) is 10.7 Å². The zero-order valence-corrected chi connectivity index (χ0v) is 19.7.